The molecule has 3 N–H and O–H groups in total. The number of aromatic amines is 1. The van der Waals surface area contributed by atoms with Crippen LogP contribution in [0.3, 0.4) is 0 Å². The Kier molecular flexibility index (Phi) is 2.94. The molecule has 6 heteroatoms. The van der Waals surface area contributed by atoms with Crippen molar-refractivity contribution < 1.29 is 5.11 Å². The molecule has 104 valence electrons. The third-order valence-electron chi connectivity index (χ3n) is 3.73. The van der Waals surface area contributed by atoms with E-state index >= 15 is 0 Å². The molecule has 0 unspecified atom stereocenters. The molecule has 1 aliphatic rings. The molecule has 20 heavy (non-hydrogen) atoms. The summed E-state index contributed by atoms with van der Waals surface area (Å²) in [4.78, 5) is 25.7. The van der Waals surface area contributed by atoms with Crippen LogP contribution >= 0.6 is 0 Å². The van der Waals surface area contributed by atoms with Crippen LogP contribution in [0, 0.1) is 0 Å². The van der Waals surface area contributed by atoms with E-state index in [9.17, 15) is 14.7 Å². The lowest BCUT2D eigenvalue weighted by Crippen LogP contribution is -2.38. The van der Waals surface area contributed by atoms with Crippen LogP contribution in [-0.4, -0.2) is 21.2 Å². The third kappa shape index (κ3) is 1.85. The Morgan fingerprint density at radius 2 is 2.05 bits per heavy atom. The molecule has 0 saturated carbocycles. The van der Waals surface area contributed by atoms with Gasteiger partial charge in [-0.05, 0) is 17.5 Å². The van der Waals surface area contributed by atoms with Crippen molar-refractivity contribution in [2.75, 3.05) is 6.54 Å². The van der Waals surface area contributed by atoms with E-state index in [4.69, 9.17) is 0 Å². The first-order chi connectivity index (χ1) is 9.59. The minimum atomic E-state index is -0.625. The van der Waals surface area contributed by atoms with Gasteiger partial charge in [-0.3, -0.25) is 14.3 Å². The zero-order valence-corrected chi connectivity index (χ0v) is 11.0. The average molecular weight is 273 g/mol. The van der Waals surface area contributed by atoms with Gasteiger partial charge in [0, 0.05) is 13.6 Å². The zero-order chi connectivity index (χ0) is 14.3. The SMILES string of the molecule is Cn1c(O)c([C@H]2NCCc3ccccc32)c(=O)[nH]c1=O. The monoisotopic (exact) mass is 273 g/mol. The number of nitrogens with zero attached hydrogens (tertiary/aromatic N) is 1. The Labute approximate surface area is 114 Å². The standard InChI is InChI=1S/C14H15N3O3/c1-17-13(19)10(12(18)16-14(17)20)11-9-5-3-2-4-8(9)6-7-15-11/h2-5,11,15,19H,6-7H2,1H3,(H,16,18,20)/t11-/m0/s1. The highest BCUT2D eigenvalue weighted by Crippen LogP contribution is 2.30. The summed E-state index contributed by atoms with van der Waals surface area (Å²) in [6.07, 6.45) is 0.872. The summed E-state index contributed by atoms with van der Waals surface area (Å²) in [5.74, 6) is -0.298. The number of benzene rings is 1. The smallest absolute Gasteiger partial charge is 0.330 e. The first-order valence-electron chi connectivity index (χ1n) is 6.43. The summed E-state index contributed by atoms with van der Waals surface area (Å²) in [7, 11) is 1.42. The van der Waals surface area contributed by atoms with Crippen LogP contribution in [0.1, 0.15) is 22.7 Å². The van der Waals surface area contributed by atoms with Crippen LogP contribution < -0.4 is 16.6 Å². The summed E-state index contributed by atoms with van der Waals surface area (Å²) in [6.45, 7) is 0.712. The minimum Gasteiger partial charge on any atom is -0.494 e. The molecule has 2 aromatic rings. The molecule has 1 aliphatic heterocycles. The van der Waals surface area contributed by atoms with Crippen molar-refractivity contribution in [2.24, 2.45) is 7.05 Å². The number of aromatic nitrogens is 2. The maximum absolute atomic E-state index is 12.1. The van der Waals surface area contributed by atoms with Crippen LogP contribution in [0.4, 0.5) is 0 Å². The third-order valence-corrected chi connectivity index (χ3v) is 3.73. The molecule has 6 nitrogen and oxygen atoms in total. The van der Waals surface area contributed by atoms with Gasteiger partial charge in [-0.25, -0.2) is 4.79 Å². The van der Waals surface area contributed by atoms with Crippen molar-refractivity contribution in [2.45, 2.75) is 12.5 Å². The van der Waals surface area contributed by atoms with Crippen molar-refractivity contribution in [1.29, 1.82) is 0 Å². The Morgan fingerprint density at radius 3 is 2.85 bits per heavy atom. The second kappa shape index (κ2) is 4.64. The van der Waals surface area contributed by atoms with Gasteiger partial charge in [0.25, 0.3) is 5.56 Å². The summed E-state index contributed by atoms with van der Waals surface area (Å²) >= 11 is 0. The van der Waals surface area contributed by atoms with Gasteiger partial charge in [-0.2, -0.15) is 0 Å². The van der Waals surface area contributed by atoms with Crippen LogP contribution in [-0.2, 0) is 13.5 Å². The summed E-state index contributed by atoms with van der Waals surface area (Å²) in [5.41, 5.74) is 1.10. The maximum atomic E-state index is 12.1. The van der Waals surface area contributed by atoms with Gasteiger partial charge < -0.3 is 10.4 Å². The lowest BCUT2D eigenvalue weighted by molar-refractivity contribution is 0.399. The molecule has 2 heterocycles. The molecular weight excluding hydrogens is 258 g/mol. The number of nitrogens with one attached hydrogen (secondary N) is 2. The summed E-state index contributed by atoms with van der Waals surface area (Å²) in [5, 5.41) is 13.4. The molecule has 1 aromatic carbocycles. The highest BCUT2D eigenvalue weighted by atomic mass is 16.3. The maximum Gasteiger partial charge on any atom is 0.330 e. The zero-order valence-electron chi connectivity index (χ0n) is 11.0. The fraction of sp³-hybridized carbons (Fsp3) is 0.286. The van der Waals surface area contributed by atoms with Gasteiger partial charge in [0.05, 0.1) is 11.6 Å². The van der Waals surface area contributed by atoms with Gasteiger partial charge in [0.1, 0.15) is 0 Å². The Morgan fingerprint density at radius 1 is 1.30 bits per heavy atom. The van der Waals surface area contributed by atoms with Crippen molar-refractivity contribution in [1.82, 2.24) is 14.9 Å². The van der Waals surface area contributed by atoms with Crippen LogP contribution in [0.5, 0.6) is 5.88 Å². The van der Waals surface area contributed by atoms with Crippen molar-refractivity contribution in [3.05, 3.63) is 61.8 Å². The molecule has 0 bridgehead atoms. The fourth-order valence-corrected chi connectivity index (χ4v) is 2.65. The quantitative estimate of drug-likeness (QED) is 0.683. The second-order valence-corrected chi connectivity index (χ2v) is 4.89. The molecule has 0 saturated heterocycles. The average Bonchev–Trinajstić information content (AvgIpc) is 2.45. The molecule has 0 radical (unpaired) electrons. The number of rotatable bonds is 1. The minimum absolute atomic E-state index is 0.180. The van der Waals surface area contributed by atoms with Crippen molar-refractivity contribution in [3.8, 4) is 5.88 Å². The van der Waals surface area contributed by atoms with E-state index in [-0.39, 0.29) is 11.4 Å². The van der Waals surface area contributed by atoms with E-state index in [2.05, 4.69) is 10.3 Å². The molecule has 1 atom stereocenters. The van der Waals surface area contributed by atoms with Gasteiger partial charge in [0.15, 0.2) is 0 Å². The fourth-order valence-electron chi connectivity index (χ4n) is 2.65. The second-order valence-electron chi connectivity index (χ2n) is 4.89. The van der Waals surface area contributed by atoms with E-state index < -0.39 is 17.3 Å². The Bertz CT molecular complexity index is 776. The first kappa shape index (κ1) is 12.7. The highest BCUT2D eigenvalue weighted by molar-refractivity contribution is 5.41. The number of H-pyrrole nitrogens is 1. The van der Waals surface area contributed by atoms with Gasteiger partial charge in [0.2, 0.25) is 5.88 Å². The van der Waals surface area contributed by atoms with E-state index in [1.54, 1.807) is 0 Å². The van der Waals surface area contributed by atoms with Gasteiger partial charge in [-0.1, -0.05) is 24.3 Å². The predicted molar refractivity (Wildman–Crippen MR) is 74.0 cm³/mol. The van der Waals surface area contributed by atoms with Gasteiger partial charge >= 0.3 is 5.69 Å². The molecule has 1 aromatic heterocycles. The molecule has 0 spiro atoms. The Hall–Kier alpha value is -2.34. The number of aromatic hydroxyl groups is 1. The molecule has 0 aliphatic carbocycles. The van der Waals surface area contributed by atoms with E-state index in [1.807, 2.05) is 24.3 Å². The molecule has 3 rings (SSSR count). The molecule has 0 fully saturated rings. The summed E-state index contributed by atoms with van der Waals surface area (Å²) < 4.78 is 1.04. The Balaban J connectivity index is 2.24. The summed E-state index contributed by atoms with van der Waals surface area (Å²) in [6, 6.07) is 7.38. The number of hydrogen-bond acceptors (Lipinski definition) is 4. The van der Waals surface area contributed by atoms with E-state index in [0.29, 0.717) is 6.54 Å². The lowest BCUT2D eigenvalue weighted by atomic mass is 9.91. The van der Waals surface area contributed by atoms with Crippen molar-refractivity contribution in [3.63, 3.8) is 0 Å². The normalized spacial score (nSPS) is 17.8. The first-order valence-corrected chi connectivity index (χ1v) is 6.43. The van der Waals surface area contributed by atoms with Crippen molar-refractivity contribution >= 4 is 0 Å². The van der Waals surface area contributed by atoms with Gasteiger partial charge in [-0.15, -0.1) is 0 Å². The lowest BCUT2D eigenvalue weighted by Gasteiger charge is -2.27. The van der Waals surface area contributed by atoms with Crippen LogP contribution in [0.15, 0.2) is 33.9 Å². The predicted octanol–water partition coefficient (Wildman–Crippen LogP) is 0.0143. The largest absolute Gasteiger partial charge is 0.494 e. The number of fused-ring (bicyclic) bond motifs is 1. The molecule has 0 amide bonds. The molecular formula is C14H15N3O3. The van der Waals surface area contributed by atoms with Crippen LogP contribution in [0.2, 0.25) is 0 Å². The van der Waals surface area contributed by atoms with Crippen LogP contribution in [0.25, 0.3) is 0 Å². The highest BCUT2D eigenvalue weighted by Gasteiger charge is 2.27. The topological polar surface area (TPSA) is 87.1 Å². The van der Waals surface area contributed by atoms with E-state index in [0.717, 1.165) is 22.1 Å². The van der Waals surface area contributed by atoms with E-state index in [1.165, 1.54) is 7.05 Å². The number of hydrogen-bond donors (Lipinski definition) is 3.